The van der Waals surface area contributed by atoms with Crippen molar-refractivity contribution >= 4 is 23.5 Å². The Morgan fingerprint density at radius 3 is 1.81 bits per heavy atom. The Balaban J connectivity index is 0.000000360. The third-order valence-electron chi connectivity index (χ3n) is 7.73. The van der Waals surface area contributed by atoms with Crippen LogP contribution in [0.15, 0.2) is 60.8 Å². The second-order valence-corrected chi connectivity index (χ2v) is 11.5. The number of nitrogens with zero attached hydrogens (tertiary/aromatic N) is 5. The minimum Gasteiger partial charge on any atom is -0.475 e. The van der Waals surface area contributed by atoms with E-state index in [0.29, 0.717) is 6.54 Å². The monoisotopic (exact) mass is 671 g/mol. The lowest BCUT2D eigenvalue weighted by Gasteiger charge is -2.45. The first kappa shape index (κ1) is 36.9. The van der Waals surface area contributed by atoms with Crippen molar-refractivity contribution in [2.45, 2.75) is 43.7 Å². The van der Waals surface area contributed by atoms with Crippen molar-refractivity contribution in [2.75, 3.05) is 45.7 Å². The molecule has 0 unspecified atom stereocenters. The van der Waals surface area contributed by atoms with Crippen molar-refractivity contribution in [3.8, 4) is 0 Å². The van der Waals surface area contributed by atoms with Gasteiger partial charge >= 0.3 is 24.3 Å². The highest BCUT2D eigenvalue weighted by molar-refractivity contribution is 5.96. The number of alkyl halides is 6. The molecule has 3 heterocycles. The summed E-state index contributed by atoms with van der Waals surface area (Å²) in [5.41, 5.74) is 5.52. The van der Waals surface area contributed by atoms with Crippen LogP contribution in [0, 0.1) is 0 Å². The van der Waals surface area contributed by atoms with E-state index in [-0.39, 0.29) is 11.3 Å². The number of aromatic nitrogens is 2. The topological polar surface area (TPSA) is 119 Å². The smallest absolute Gasteiger partial charge is 0.475 e. The van der Waals surface area contributed by atoms with Crippen LogP contribution in [0.1, 0.15) is 40.0 Å². The number of carboxylic acids is 2. The summed E-state index contributed by atoms with van der Waals surface area (Å²) in [6.07, 6.45) is -6.16. The Bertz CT molecular complexity index is 1490. The average molecular weight is 672 g/mol. The Labute approximate surface area is 266 Å². The molecule has 0 atom stereocenters. The highest BCUT2D eigenvalue weighted by atomic mass is 19.4. The number of amides is 1. The Morgan fingerprint density at radius 2 is 1.34 bits per heavy atom. The Hall–Kier alpha value is -4.60. The van der Waals surface area contributed by atoms with E-state index < -0.39 is 24.3 Å². The number of carbonyl (C=O) groups is 3. The second kappa shape index (κ2) is 14.9. The summed E-state index contributed by atoms with van der Waals surface area (Å²) in [6, 6.07) is 19.2. The van der Waals surface area contributed by atoms with Crippen LogP contribution in [-0.2, 0) is 28.1 Å². The van der Waals surface area contributed by atoms with Crippen molar-refractivity contribution in [1.82, 2.24) is 19.6 Å². The fourth-order valence-electron chi connectivity index (χ4n) is 5.32. The number of aliphatic carboxylic acids is 2. The van der Waals surface area contributed by atoms with E-state index in [1.807, 2.05) is 41.0 Å². The van der Waals surface area contributed by atoms with E-state index in [2.05, 4.69) is 60.3 Å². The maximum Gasteiger partial charge on any atom is 0.490 e. The molecule has 1 spiro atoms. The van der Waals surface area contributed by atoms with E-state index in [4.69, 9.17) is 24.9 Å². The van der Waals surface area contributed by atoms with Gasteiger partial charge in [-0.2, -0.15) is 31.4 Å². The number of hydrogen-bond acceptors (Lipinski definition) is 6. The normalized spacial score (nSPS) is 15.9. The third-order valence-corrected chi connectivity index (χ3v) is 7.73. The van der Waals surface area contributed by atoms with E-state index in [1.54, 1.807) is 0 Å². The molecule has 47 heavy (non-hydrogen) atoms. The lowest BCUT2D eigenvalue weighted by molar-refractivity contribution is -0.193. The molecule has 2 N–H and O–H groups in total. The van der Waals surface area contributed by atoms with Gasteiger partial charge < -0.3 is 20.0 Å². The number of anilines is 1. The SMILES string of the molecule is CN1CC2(CCN(Cc3ccc(N(C)C)cc3)CC2)c2nn(Cc3ccccc3)cc2C1=O.O=C(O)C(F)(F)F.O=C(O)C(F)(F)F. The molecule has 0 aliphatic carbocycles. The number of halogens is 6. The minimum absolute atomic E-state index is 0.0504. The van der Waals surface area contributed by atoms with Crippen LogP contribution in [0.4, 0.5) is 32.0 Å². The molecule has 2 aliphatic rings. The first-order valence-electron chi connectivity index (χ1n) is 14.3. The molecule has 10 nitrogen and oxygen atoms in total. The number of likely N-dealkylation sites (N-methyl/N-ethyl adjacent to an activating group) is 1. The van der Waals surface area contributed by atoms with Crippen LogP contribution in [0.2, 0.25) is 0 Å². The molecular weight excluding hydrogens is 636 g/mol. The molecule has 0 radical (unpaired) electrons. The molecule has 1 aromatic heterocycles. The largest absolute Gasteiger partial charge is 0.490 e. The summed E-state index contributed by atoms with van der Waals surface area (Å²) in [4.78, 5) is 37.3. The molecule has 0 saturated carbocycles. The van der Waals surface area contributed by atoms with Crippen LogP contribution >= 0.6 is 0 Å². The summed E-state index contributed by atoms with van der Waals surface area (Å²) in [5.74, 6) is -5.42. The van der Waals surface area contributed by atoms with Crippen LogP contribution in [0.25, 0.3) is 0 Å². The highest BCUT2D eigenvalue weighted by Gasteiger charge is 2.46. The third kappa shape index (κ3) is 9.94. The summed E-state index contributed by atoms with van der Waals surface area (Å²) in [7, 11) is 6.07. The van der Waals surface area contributed by atoms with Gasteiger partial charge in [0, 0.05) is 51.5 Å². The second-order valence-electron chi connectivity index (χ2n) is 11.5. The molecule has 16 heteroatoms. The molecule has 1 amide bonds. The summed E-state index contributed by atoms with van der Waals surface area (Å²) >= 11 is 0. The van der Waals surface area contributed by atoms with Crippen molar-refractivity contribution in [2.24, 2.45) is 0 Å². The Morgan fingerprint density at radius 1 is 0.851 bits per heavy atom. The number of fused-ring (bicyclic) bond motifs is 2. The number of likely N-dealkylation sites (tertiary alicyclic amines) is 1. The van der Waals surface area contributed by atoms with Gasteiger partial charge in [-0.1, -0.05) is 42.5 Å². The number of carbonyl (C=O) groups excluding carboxylic acids is 1. The predicted molar refractivity (Wildman–Crippen MR) is 159 cm³/mol. The van der Waals surface area contributed by atoms with E-state index in [0.717, 1.165) is 50.3 Å². The van der Waals surface area contributed by atoms with Gasteiger partial charge in [-0.15, -0.1) is 0 Å². The van der Waals surface area contributed by atoms with E-state index in [9.17, 15) is 31.1 Å². The molecule has 256 valence electrons. The van der Waals surface area contributed by atoms with Crippen LogP contribution in [0.3, 0.4) is 0 Å². The predicted octanol–water partition coefficient (Wildman–Crippen LogP) is 4.88. The molecular formula is C31H35F6N5O5. The van der Waals surface area contributed by atoms with Gasteiger partial charge in [0.05, 0.1) is 17.8 Å². The number of rotatable bonds is 5. The van der Waals surface area contributed by atoms with E-state index >= 15 is 0 Å². The molecule has 2 aromatic carbocycles. The first-order chi connectivity index (χ1) is 21.8. The fourth-order valence-corrected chi connectivity index (χ4v) is 5.32. The average Bonchev–Trinajstić information content (AvgIpc) is 3.43. The highest BCUT2D eigenvalue weighted by Crippen LogP contribution is 2.41. The number of carboxylic acid groups (broad SMARTS) is 2. The van der Waals surface area contributed by atoms with Gasteiger partial charge in [0.15, 0.2) is 0 Å². The summed E-state index contributed by atoms with van der Waals surface area (Å²) in [5, 5.41) is 19.2. The lowest BCUT2D eigenvalue weighted by atomic mass is 9.72. The molecule has 3 aromatic rings. The first-order valence-corrected chi connectivity index (χ1v) is 14.3. The van der Waals surface area contributed by atoms with E-state index in [1.165, 1.54) is 16.8 Å². The van der Waals surface area contributed by atoms with Gasteiger partial charge in [-0.25, -0.2) is 9.59 Å². The van der Waals surface area contributed by atoms with Gasteiger partial charge in [-0.05, 0) is 49.2 Å². The Kier molecular flexibility index (Phi) is 11.7. The maximum absolute atomic E-state index is 12.9. The number of benzene rings is 2. The lowest BCUT2D eigenvalue weighted by Crippen LogP contribution is -2.53. The van der Waals surface area contributed by atoms with Gasteiger partial charge in [-0.3, -0.25) is 14.4 Å². The zero-order valence-electron chi connectivity index (χ0n) is 25.8. The van der Waals surface area contributed by atoms with Gasteiger partial charge in [0.2, 0.25) is 0 Å². The maximum atomic E-state index is 12.9. The number of piperidine rings is 1. The van der Waals surface area contributed by atoms with Crippen molar-refractivity contribution in [1.29, 1.82) is 0 Å². The van der Waals surface area contributed by atoms with Crippen LogP contribution < -0.4 is 4.90 Å². The van der Waals surface area contributed by atoms with Crippen molar-refractivity contribution in [3.63, 3.8) is 0 Å². The summed E-state index contributed by atoms with van der Waals surface area (Å²) < 4.78 is 65.4. The number of hydrogen-bond donors (Lipinski definition) is 2. The molecule has 5 rings (SSSR count). The fraction of sp³-hybridized carbons (Fsp3) is 0.419. The van der Waals surface area contributed by atoms with Gasteiger partial charge in [0.1, 0.15) is 0 Å². The zero-order valence-corrected chi connectivity index (χ0v) is 25.8. The molecule has 1 saturated heterocycles. The van der Waals surface area contributed by atoms with Crippen LogP contribution in [0.5, 0.6) is 0 Å². The molecule has 1 fully saturated rings. The molecule has 2 aliphatic heterocycles. The van der Waals surface area contributed by atoms with Gasteiger partial charge in [0.25, 0.3) is 5.91 Å². The molecule has 0 bridgehead atoms. The van der Waals surface area contributed by atoms with Crippen LogP contribution in [-0.4, -0.2) is 101 Å². The van der Waals surface area contributed by atoms with Crippen molar-refractivity contribution < 1.29 is 50.9 Å². The minimum atomic E-state index is -5.08. The quantitative estimate of drug-likeness (QED) is 0.369. The zero-order chi connectivity index (χ0) is 35.2. The standard InChI is InChI=1S/C27H33N5O.2C2HF3O2/c1-29(2)23-11-9-22(10-12-23)17-31-15-13-27(14-16-31)20-30(3)26(33)24-19-32(28-25(24)27)18-21-7-5-4-6-8-21;2*3-2(4,5)1(6)7/h4-12,19H,13-18,20H2,1-3H3;2*(H,6,7). The van der Waals surface area contributed by atoms with Crippen molar-refractivity contribution in [3.05, 3.63) is 83.2 Å². The summed E-state index contributed by atoms with van der Waals surface area (Å²) in [6.45, 7) is 4.45.